The third-order valence-electron chi connectivity index (χ3n) is 2.62. The Labute approximate surface area is 154 Å². The zero-order chi connectivity index (χ0) is 16.8. The Hall–Kier alpha value is -3.10. The van der Waals surface area contributed by atoms with Crippen LogP contribution < -0.4 is 4.84 Å². The molecule has 2 heterocycles. The first-order chi connectivity index (χ1) is 11.0. The maximum atomic E-state index is 10.8. The molecule has 3 rings (SSSR count). The molecule has 26 heavy (non-hydrogen) atoms. The average molecular weight is 364 g/mol. The molecule has 0 fully saturated rings. The van der Waals surface area contributed by atoms with Crippen LogP contribution in [0, 0.1) is 20.8 Å². The van der Waals surface area contributed by atoms with Crippen molar-refractivity contribution in [2.45, 2.75) is 43.1 Å². The molecular formula is C17H28N6O3. The minimum Gasteiger partial charge on any atom is -0.436 e. The third kappa shape index (κ3) is 6.80. The van der Waals surface area contributed by atoms with Gasteiger partial charge in [-0.15, -0.1) is 5.10 Å². The van der Waals surface area contributed by atoms with Gasteiger partial charge in [-0.1, -0.05) is 39.3 Å². The molecule has 0 aliphatic heterocycles. The molecule has 9 nitrogen and oxygen atoms in total. The van der Waals surface area contributed by atoms with Gasteiger partial charge in [0.15, 0.2) is 0 Å². The highest BCUT2D eigenvalue weighted by atomic mass is 16.8. The second kappa shape index (κ2) is 11.5. The number of ether oxygens (including phenoxy) is 1. The maximum Gasteiger partial charge on any atom is 0.534 e. The number of fused-ring (bicyclic) bond motifs is 1. The Morgan fingerprint density at radius 2 is 1.42 bits per heavy atom. The van der Waals surface area contributed by atoms with E-state index < -0.39 is 6.16 Å². The second-order valence-electron chi connectivity index (χ2n) is 4.47. The summed E-state index contributed by atoms with van der Waals surface area (Å²) in [5.41, 5.74) is 1.26. The van der Waals surface area contributed by atoms with Gasteiger partial charge >= 0.3 is 6.16 Å². The average Bonchev–Trinajstić information content (AvgIpc) is 2.90. The Kier molecular flexibility index (Phi) is 11.1. The highest BCUT2D eigenvalue weighted by Crippen LogP contribution is 2.07. The smallest absolute Gasteiger partial charge is 0.436 e. The first-order valence-electron chi connectivity index (χ1n) is 6.72. The van der Waals surface area contributed by atoms with E-state index in [9.17, 15) is 4.79 Å². The summed E-state index contributed by atoms with van der Waals surface area (Å²) >= 11 is 0. The fourth-order valence-corrected chi connectivity index (χ4v) is 1.80. The van der Waals surface area contributed by atoms with E-state index in [4.69, 9.17) is 4.84 Å². The van der Waals surface area contributed by atoms with Gasteiger partial charge in [0.1, 0.15) is 28.5 Å². The number of methoxy groups -OCH3 is 1. The summed E-state index contributed by atoms with van der Waals surface area (Å²) in [5, 5.41) is 7.41. The fraction of sp³-hybridized carbons (Fsp3) is 0.412. The van der Waals surface area contributed by atoms with Crippen LogP contribution in [0.3, 0.4) is 0 Å². The van der Waals surface area contributed by atoms with Gasteiger partial charge in [0.25, 0.3) is 0 Å². The molecular weight excluding hydrogens is 336 g/mol. The van der Waals surface area contributed by atoms with Gasteiger partial charge in [0.2, 0.25) is 0 Å². The number of aromatic nitrogens is 6. The summed E-state index contributed by atoms with van der Waals surface area (Å²) in [5.74, 6) is 2.38. The van der Waals surface area contributed by atoms with Crippen LogP contribution in [-0.4, -0.2) is 43.4 Å². The molecule has 3 aromatic rings. The van der Waals surface area contributed by atoms with E-state index in [2.05, 4.69) is 30.0 Å². The monoisotopic (exact) mass is 364 g/mol. The Balaban J connectivity index is 0. The van der Waals surface area contributed by atoms with E-state index >= 15 is 0 Å². The predicted octanol–water partition coefficient (Wildman–Crippen LogP) is 3.33. The highest BCUT2D eigenvalue weighted by molar-refractivity contribution is 5.74. The molecule has 144 valence electrons. The molecule has 2 aromatic heterocycles. The normalized spacial score (nSPS) is 8.77. The highest BCUT2D eigenvalue weighted by Gasteiger charge is 2.08. The van der Waals surface area contributed by atoms with E-state index in [-0.39, 0.29) is 22.3 Å². The Morgan fingerprint density at radius 1 is 0.923 bits per heavy atom. The fourth-order valence-electron chi connectivity index (χ4n) is 1.80. The molecule has 1 aromatic carbocycles. The molecule has 0 bridgehead atoms. The predicted molar refractivity (Wildman–Crippen MR) is 101 cm³/mol. The number of para-hydroxylation sites is 1. The van der Waals surface area contributed by atoms with E-state index in [0.717, 1.165) is 22.3 Å². The summed E-state index contributed by atoms with van der Waals surface area (Å²) < 4.78 is 4.32. The number of nitrogens with zero attached hydrogens (tertiary/aromatic N) is 6. The van der Waals surface area contributed by atoms with Crippen LogP contribution in [0.4, 0.5) is 4.79 Å². The van der Waals surface area contributed by atoms with Crippen molar-refractivity contribution < 1.29 is 14.4 Å². The minimum absolute atomic E-state index is 0. The molecule has 0 aliphatic carbocycles. The minimum atomic E-state index is -0.833. The van der Waals surface area contributed by atoms with Crippen molar-refractivity contribution in [2.24, 2.45) is 0 Å². The molecule has 0 radical (unpaired) electrons. The molecule has 0 saturated carbocycles. The van der Waals surface area contributed by atoms with Crippen LogP contribution in [-0.2, 0) is 4.74 Å². The van der Waals surface area contributed by atoms with Crippen molar-refractivity contribution in [2.75, 3.05) is 7.11 Å². The second-order valence-corrected chi connectivity index (χ2v) is 4.47. The molecule has 0 N–H and O–H groups in total. The van der Waals surface area contributed by atoms with Crippen molar-refractivity contribution >= 4 is 17.2 Å². The third-order valence-corrected chi connectivity index (χ3v) is 2.62. The van der Waals surface area contributed by atoms with Crippen molar-refractivity contribution in [1.82, 2.24) is 30.1 Å². The number of hydrogen-bond acceptors (Lipinski definition) is 8. The summed E-state index contributed by atoms with van der Waals surface area (Å²) in [6.07, 6.45) is -0.833. The van der Waals surface area contributed by atoms with E-state index in [1.165, 1.54) is 7.11 Å². The number of carbonyl (C=O) groups is 1. The lowest BCUT2D eigenvalue weighted by Gasteiger charge is -1.99. The number of hydrogen-bond donors (Lipinski definition) is 0. The van der Waals surface area contributed by atoms with Crippen LogP contribution >= 0.6 is 0 Å². The van der Waals surface area contributed by atoms with Crippen molar-refractivity contribution in [1.29, 1.82) is 0 Å². The lowest BCUT2D eigenvalue weighted by molar-refractivity contribution is 0.0545. The summed E-state index contributed by atoms with van der Waals surface area (Å²) in [6, 6.07) is 7.11. The van der Waals surface area contributed by atoms with Gasteiger partial charge in [-0.05, 0) is 38.1 Å². The van der Waals surface area contributed by atoms with Crippen molar-refractivity contribution in [3.05, 3.63) is 41.7 Å². The number of rotatable bonds is 1. The van der Waals surface area contributed by atoms with Gasteiger partial charge in [-0.25, -0.2) is 19.7 Å². The van der Waals surface area contributed by atoms with Gasteiger partial charge in [-0.2, -0.15) is 0 Å². The van der Waals surface area contributed by atoms with E-state index in [1.54, 1.807) is 18.2 Å². The Morgan fingerprint density at radius 3 is 1.92 bits per heavy atom. The summed E-state index contributed by atoms with van der Waals surface area (Å²) in [6.45, 7) is 5.59. The zero-order valence-corrected chi connectivity index (χ0v) is 13.2. The molecule has 0 atom stereocenters. The van der Waals surface area contributed by atoms with Gasteiger partial charge in [-0.3, -0.25) is 4.84 Å². The van der Waals surface area contributed by atoms with Gasteiger partial charge in [0, 0.05) is 0 Å². The topological polar surface area (TPSA) is 105 Å². The quantitative estimate of drug-likeness (QED) is 0.478. The van der Waals surface area contributed by atoms with E-state index in [1.807, 2.05) is 26.8 Å². The number of benzene rings is 1. The van der Waals surface area contributed by atoms with Crippen molar-refractivity contribution in [3.8, 4) is 0 Å². The summed E-state index contributed by atoms with van der Waals surface area (Å²) in [7, 11) is 1.22. The number of carbonyl (C=O) groups excluding carboxylic acids is 1. The molecule has 9 heteroatoms. The maximum absolute atomic E-state index is 10.8. The zero-order valence-electron chi connectivity index (χ0n) is 13.2. The van der Waals surface area contributed by atoms with Crippen LogP contribution in [0.25, 0.3) is 11.0 Å². The molecule has 0 spiro atoms. The standard InChI is InChI=1S/C8H7N3O3.C6H9N3.3CH4/c1-13-8(12)14-11-7-5-3-2-4-6(7)9-10-11;1-4-7-5(2)9-6(3)8-4;;;/h2-5H,1H3;1-3H3;3*1H4. The van der Waals surface area contributed by atoms with Gasteiger partial charge in [0.05, 0.1) is 7.11 Å². The van der Waals surface area contributed by atoms with Gasteiger partial charge < -0.3 is 4.74 Å². The van der Waals surface area contributed by atoms with E-state index in [0.29, 0.717) is 11.0 Å². The SMILES string of the molecule is C.C.C.COC(=O)On1nnc2ccccc21.Cc1nc(C)nc(C)n1. The Bertz CT molecular complexity index is 769. The molecule has 0 saturated heterocycles. The molecule has 0 aliphatic rings. The first kappa shape index (κ1) is 25.1. The number of aryl methyl sites for hydroxylation is 3. The van der Waals surface area contributed by atoms with Crippen LogP contribution in [0.15, 0.2) is 24.3 Å². The lowest BCUT2D eigenvalue weighted by atomic mass is 10.3. The largest absolute Gasteiger partial charge is 0.534 e. The first-order valence-corrected chi connectivity index (χ1v) is 6.72. The molecule has 0 amide bonds. The van der Waals surface area contributed by atoms with Crippen LogP contribution in [0.2, 0.25) is 0 Å². The van der Waals surface area contributed by atoms with Crippen molar-refractivity contribution in [3.63, 3.8) is 0 Å². The molecule has 0 unspecified atom stereocenters. The van der Waals surface area contributed by atoms with Crippen LogP contribution in [0.1, 0.15) is 39.8 Å². The summed E-state index contributed by atoms with van der Waals surface area (Å²) in [4.78, 5) is 28.5. The van der Waals surface area contributed by atoms with Crippen LogP contribution in [0.5, 0.6) is 0 Å². The lowest BCUT2D eigenvalue weighted by Crippen LogP contribution is -2.20.